The quantitative estimate of drug-likeness (QED) is 0.911. The number of aromatic nitrogens is 1. The maximum absolute atomic E-state index is 12.7. The summed E-state index contributed by atoms with van der Waals surface area (Å²) in [6.45, 7) is 0.975. The summed E-state index contributed by atoms with van der Waals surface area (Å²) in [6.07, 6.45) is 2.89. The van der Waals surface area contributed by atoms with E-state index in [1.807, 2.05) is 12.1 Å². The molecule has 2 N–H and O–H groups in total. The molecule has 1 aromatic heterocycles. The predicted molar refractivity (Wildman–Crippen MR) is 81.3 cm³/mol. The minimum atomic E-state index is -3.51. The largest absolute Gasteiger partial charge is 0.384 e. The third kappa shape index (κ3) is 2.77. The molecule has 1 aliphatic heterocycles. The average Bonchev–Trinajstić information content (AvgIpc) is 2.70. The maximum Gasteiger partial charge on any atom is 0.243 e. The number of benzene rings is 1. The second-order valence-electron chi connectivity index (χ2n) is 5.09. The number of sulfonamides is 1. The molecule has 3 rings (SSSR count). The van der Waals surface area contributed by atoms with E-state index in [2.05, 4.69) is 17.1 Å². The fraction of sp³-hybridized carbons (Fsp3) is 0.267. The number of anilines is 1. The molecular weight excluding hydrogens is 286 g/mol. The van der Waals surface area contributed by atoms with Crippen LogP contribution in [0.3, 0.4) is 0 Å². The lowest BCUT2D eigenvalue weighted by Gasteiger charge is -2.19. The zero-order chi connectivity index (χ0) is 14.9. The molecule has 0 saturated heterocycles. The lowest BCUT2D eigenvalue weighted by atomic mass is 10.0. The summed E-state index contributed by atoms with van der Waals surface area (Å²) in [6, 6.07) is 11.0. The number of hydrogen-bond acceptors (Lipinski definition) is 4. The van der Waals surface area contributed by atoms with Crippen LogP contribution in [0, 0.1) is 0 Å². The molecule has 21 heavy (non-hydrogen) atoms. The van der Waals surface area contributed by atoms with Crippen molar-refractivity contribution >= 4 is 15.8 Å². The van der Waals surface area contributed by atoms with Crippen LogP contribution in [0.1, 0.15) is 11.1 Å². The molecule has 0 saturated carbocycles. The molecule has 6 heteroatoms. The summed E-state index contributed by atoms with van der Waals surface area (Å²) in [5, 5.41) is 0. The molecule has 0 fully saturated rings. The van der Waals surface area contributed by atoms with Crippen LogP contribution in [0.2, 0.25) is 0 Å². The zero-order valence-corrected chi connectivity index (χ0v) is 12.4. The summed E-state index contributed by atoms with van der Waals surface area (Å²) >= 11 is 0. The molecule has 110 valence electrons. The SMILES string of the molecule is Nc1cc(S(=O)(=O)N2CCc3ccccc3CC2)ccn1. The smallest absolute Gasteiger partial charge is 0.243 e. The van der Waals surface area contributed by atoms with Gasteiger partial charge in [0.1, 0.15) is 5.82 Å². The van der Waals surface area contributed by atoms with Gasteiger partial charge in [-0.15, -0.1) is 0 Å². The van der Waals surface area contributed by atoms with Crippen LogP contribution in [-0.4, -0.2) is 30.8 Å². The van der Waals surface area contributed by atoms with Crippen molar-refractivity contribution in [3.05, 3.63) is 53.7 Å². The van der Waals surface area contributed by atoms with Gasteiger partial charge < -0.3 is 5.73 Å². The molecule has 0 radical (unpaired) electrons. The molecular formula is C15H17N3O2S. The summed E-state index contributed by atoms with van der Waals surface area (Å²) in [7, 11) is -3.51. The first kappa shape index (κ1) is 14.0. The van der Waals surface area contributed by atoms with E-state index >= 15 is 0 Å². The first-order valence-corrected chi connectivity index (χ1v) is 8.30. The van der Waals surface area contributed by atoms with Gasteiger partial charge in [0, 0.05) is 25.4 Å². The van der Waals surface area contributed by atoms with Crippen LogP contribution in [0.4, 0.5) is 5.82 Å². The second-order valence-corrected chi connectivity index (χ2v) is 7.03. The van der Waals surface area contributed by atoms with E-state index in [1.165, 1.54) is 33.8 Å². The van der Waals surface area contributed by atoms with Gasteiger partial charge in [-0.3, -0.25) is 0 Å². The van der Waals surface area contributed by atoms with Gasteiger partial charge in [0.05, 0.1) is 4.90 Å². The number of nitrogens with two attached hydrogens (primary N) is 1. The van der Waals surface area contributed by atoms with Crippen LogP contribution in [0.5, 0.6) is 0 Å². The maximum atomic E-state index is 12.7. The number of hydrogen-bond donors (Lipinski definition) is 1. The van der Waals surface area contributed by atoms with Crippen LogP contribution >= 0.6 is 0 Å². The zero-order valence-electron chi connectivity index (χ0n) is 11.6. The van der Waals surface area contributed by atoms with Gasteiger partial charge in [-0.25, -0.2) is 13.4 Å². The highest BCUT2D eigenvalue weighted by Crippen LogP contribution is 2.22. The lowest BCUT2D eigenvalue weighted by Crippen LogP contribution is -2.33. The van der Waals surface area contributed by atoms with Gasteiger partial charge in [0.25, 0.3) is 0 Å². The normalized spacial score (nSPS) is 16.2. The lowest BCUT2D eigenvalue weighted by molar-refractivity contribution is 0.426. The van der Waals surface area contributed by atoms with Crippen LogP contribution in [-0.2, 0) is 22.9 Å². The van der Waals surface area contributed by atoms with Gasteiger partial charge in [-0.1, -0.05) is 24.3 Å². The van der Waals surface area contributed by atoms with Crippen molar-refractivity contribution in [2.45, 2.75) is 17.7 Å². The Hall–Kier alpha value is -1.92. The van der Waals surface area contributed by atoms with Crippen LogP contribution in [0.25, 0.3) is 0 Å². The molecule has 1 aromatic carbocycles. The van der Waals surface area contributed by atoms with E-state index in [0.29, 0.717) is 13.1 Å². The Kier molecular flexibility index (Phi) is 3.65. The average molecular weight is 303 g/mol. The molecule has 0 spiro atoms. The number of fused-ring (bicyclic) bond motifs is 1. The van der Waals surface area contributed by atoms with E-state index in [1.54, 1.807) is 0 Å². The van der Waals surface area contributed by atoms with Crippen molar-refractivity contribution in [1.29, 1.82) is 0 Å². The molecule has 0 aliphatic carbocycles. The van der Waals surface area contributed by atoms with E-state index in [4.69, 9.17) is 5.73 Å². The van der Waals surface area contributed by atoms with E-state index in [-0.39, 0.29) is 10.7 Å². The Morgan fingerprint density at radius 2 is 1.67 bits per heavy atom. The van der Waals surface area contributed by atoms with Gasteiger partial charge >= 0.3 is 0 Å². The second kappa shape index (κ2) is 5.46. The summed E-state index contributed by atoms with van der Waals surface area (Å²) in [4.78, 5) is 4.05. The Morgan fingerprint density at radius 1 is 1.05 bits per heavy atom. The van der Waals surface area contributed by atoms with E-state index in [9.17, 15) is 8.42 Å². The van der Waals surface area contributed by atoms with E-state index in [0.717, 1.165) is 12.8 Å². The topological polar surface area (TPSA) is 76.3 Å². The Labute approximate surface area is 124 Å². The molecule has 1 aliphatic rings. The van der Waals surface area contributed by atoms with Crippen LogP contribution < -0.4 is 5.73 Å². The Balaban J connectivity index is 1.88. The van der Waals surface area contributed by atoms with Crippen molar-refractivity contribution in [2.75, 3.05) is 18.8 Å². The van der Waals surface area contributed by atoms with Crippen molar-refractivity contribution < 1.29 is 8.42 Å². The van der Waals surface area contributed by atoms with Crippen molar-refractivity contribution in [1.82, 2.24) is 9.29 Å². The predicted octanol–water partition coefficient (Wildman–Crippen LogP) is 1.45. The highest BCUT2D eigenvalue weighted by molar-refractivity contribution is 7.89. The minimum Gasteiger partial charge on any atom is -0.384 e. The minimum absolute atomic E-state index is 0.209. The number of rotatable bonds is 2. The van der Waals surface area contributed by atoms with Crippen molar-refractivity contribution in [3.63, 3.8) is 0 Å². The highest BCUT2D eigenvalue weighted by atomic mass is 32.2. The van der Waals surface area contributed by atoms with E-state index < -0.39 is 10.0 Å². The molecule has 5 nitrogen and oxygen atoms in total. The monoisotopic (exact) mass is 303 g/mol. The molecule has 0 atom stereocenters. The fourth-order valence-corrected chi connectivity index (χ4v) is 4.09. The number of nitrogens with zero attached hydrogens (tertiary/aromatic N) is 2. The van der Waals surface area contributed by atoms with Crippen LogP contribution in [0.15, 0.2) is 47.5 Å². The first-order valence-electron chi connectivity index (χ1n) is 6.86. The summed E-state index contributed by atoms with van der Waals surface area (Å²) in [5.41, 5.74) is 8.04. The van der Waals surface area contributed by atoms with Crippen molar-refractivity contribution in [2.24, 2.45) is 0 Å². The van der Waals surface area contributed by atoms with Gasteiger partial charge in [0.15, 0.2) is 0 Å². The van der Waals surface area contributed by atoms with Gasteiger partial charge in [-0.05, 0) is 30.0 Å². The molecule has 0 unspecified atom stereocenters. The third-order valence-corrected chi connectivity index (χ3v) is 5.66. The molecule has 2 aromatic rings. The first-order chi connectivity index (χ1) is 10.1. The van der Waals surface area contributed by atoms with Crippen molar-refractivity contribution in [3.8, 4) is 0 Å². The van der Waals surface area contributed by atoms with Gasteiger partial charge in [-0.2, -0.15) is 4.31 Å². The standard InChI is InChI=1S/C15H17N3O2S/c16-15-11-14(5-8-17-15)21(19,20)18-9-6-12-3-1-2-4-13(12)7-10-18/h1-5,8,11H,6-7,9-10H2,(H2,16,17). The summed E-state index contributed by atoms with van der Waals surface area (Å²) < 4.78 is 26.9. The molecule has 0 bridgehead atoms. The highest BCUT2D eigenvalue weighted by Gasteiger charge is 2.26. The number of pyridine rings is 1. The Morgan fingerprint density at radius 3 is 2.24 bits per heavy atom. The third-order valence-electron chi connectivity index (χ3n) is 3.77. The molecule has 0 amide bonds. The fourth-order valence-electron chi connectivity index (χ4n) is 2.63. The molecule has 2 heterocycles. The Bertz CT molecular complexity index is 732. The number of nitrogen functional groups attached to an aromatic ring is 1. The van der Waals surface area contributed by atoms with Gasteiger partial charge in [0.2, 0.25) is 10.0 Å². The summed E-state index contributed by atoms with van der Waals surface area (Å²) in [5.74, 6) is 0.217.